The minimum absolute atomic E-state index is 0.0409. The molecule has 96 valence electrons. The molecule has 3 unspecified atom stereocenters. The van der Waals surface area contributed by atoms with E-state index in [9.17, 15) is 8.42 Å². The van der Waals surface area contributed by atoms with Gasteiger partial charge >= 0.3 is 0 Å². The second kappa shape index (κ2) is 6.33. The summed E-state index contributed by atoms with van der Waals surface area (Å²) < 4.78 is 31.5. The van der Waals surface area contributed by atoms with Crippen molar-refractivity contribution in [2.45, 2.75) is 50.1 Å². The van der Waals surface area contributed by atoms with Crippen LogP contribution in [0.25, 0.3) is 0 Å². The normalized spacial score (nSPS) is 25.6. The molecular formula is C10H20BrNO3S. The second-order valence-corrected chi connectivity index (χ2v) is 7.81. The largest absolute Gasteiger partial charge is 0.377 e. The molecule has 1 N–H and O–H groups in total. The predicted octanol–water partition coefficient (Wildman–Crippen LogP) is 1.65. The Hall–Kier alpha value is 0.350. The summed E-state index contributed by atoms with van der Waals surface area (Å²) in [5.41, 5.74) is 0. The van der Waals surface area contributed by atoms with Crippen LogP contribution in [-0.4, -0.2) is 37.8 Å². The molecule has 0 aliphatic carbocycles. The Morgan fingerprint density at radius 2 is 2.19 bits per heavy atom. The summed E-state index contributed by atoms with van der Waals surface area (Å²) in [5.74, 6) is 0.0913. The van der Waals surface area contributed by atoms with E-state index in [2.05, 4.69) is 20.7 Å². The number of hydrogen-bond acceptors (Lipinski definition) is 3. The number of sulfonamides is 1. The zero-order valence-electron chi connectivity index (χ0n) is 9.78. The molecule has 1 aliphatic rings. The number of alkyl halides is 1. The fourth-order valence-electron chi connectivity index (χ4n) is 1.91. The van der Waals surface area contributed by atoms with Crippen LogP contribution in [0.1, 0.15) is 33.1 Å². The Morgan fingerprint density at radius 1 is 1.50 bits per heavy atom. The van der Waals surface area contributed by atoms with Gasteiger partial charge in [0.1, 0.15) is 0 Å². The molecule has 0 aromatic rings. The van der Waals surface area contributed by atoms with Gasteiger partial charge in [-0.1, -0.05) is 22.9 Å². The van der Waals surface area contributed by atoms with Crippen molar-refractivity contribution in [3.8, 4) is 0 Å². The first-order valence-electron chi connectivity index (χ1n) is 5.65. The van der Waals surface area contributed by atoms with E-state index >= 15 is 0 Å². The zero-order valence-corrected chi connectivity index (χ0v) is 12.2. The zero-order chi connectivity index (χ0) is 12.2. The maximum absolute atomic E-state index is 11.8. The van der Waals surface area contributed by atoms with Crippen molar-refractivity contribution in [2.24, 2.45) is 0 Å². The van der Waals surface area contributed by atoms with Crippen LogP contribution in [0.15, 0.2) is 0 Å². The quantitative estimate of drug-likeness (QED) is 0.759. The number of halogens is 1. The van der Waals surface area contributed by atoms with Crippen LogP contribution in [0, 0.1) is 0 Å². The summed E-state index contributed by atoms with van der Waals surface area (Å²) in [5, 5.41) is 0. The highest BCUT2D eigenvalue weighted by Gasteiger charge is 2.24. The molecule has 1 heterocycles. The highest BCUT2D eigenvalue weighted by Crippen LogP contribution is 2.14. The fourth-order valence-corrected chi connectivity index (χ4v) is 4.03. The van der Waals surface area contributed by atoms with E-state index in [0.717, 1.165) is 19.3 Å². The molecule has 16 heavy (non-hydrogen) atoms. The topological polar surface area (TPSA) is 55.4 Å². The van der Waals surface area contributed by atoms with Crippen LogP contribution in [0.3, 0.4) is 0 Å². The van der Waals surface area contributed by atoms with Crippen LogP contribution >= 0.6 is 15.9 Å². The van der Waals surface area contributed by atoms with E-state index in [-0.39, 0.29) is 17.9 Å². The van der Waals surface area contributed by atoms with Crippen LogP contribution in [0.5, 0.6) is 0 Å². The van der Waals surface area contributed by atoms with Gasteiger partial charge < -0.3 is 4.74 Å². The number of ether oxygens (including phenoxy) is 1. The van der Waals surface area contributed by atoms with Gasteiger partial charge in [-0.15, -0.1) is 0 Å². The lowest BCUT2D eigenvalue weighted by Crippen LogP contribution is -2.38. The van der Waals surface area contributed by atoms with Crippen LogP contribution < -0.4 is 4.72 Å². The molecule has 6 heteroatoms. The molecule has 1 saturated heterocycles. The van der Waals surface area contributed by atoms with E-state index in [1.54, 1.807) is 0 Å². The minimum Gasteiger partial charge on any atom is -0.377 e. The molecule has 1 rings (SSSR count). The maximum Gasteiger partial charge on any atom is 0.214 e. The van der Waals surface area contributed by atoms with Crippen LogP contribution in [0.4, 0.5) is 0 Å². The summed E-state index contributed by atoms with van der Waals surface area (Å²) in [6, 6.07) is -0.0409. The fraction of sp³-hybridized carbons (Fsp3) is 1.00. The highest BCUT2D eigenvalue weighted by molar-refractivity contribution is 9.09. The first-order valence-corrected chi connectivity index (χ1v) is 8.21. The van der Waals surface area contributed by atoms with E-state index in [0.29, 0.717) is 11.4 Å². The molecule has 0 amide bonds. The van der Waals surface area contributed by atoms with Crippen molar-refractivity contribution < 1.29 is 13.2 Å². The Balaban J connectivity index is 2.38. The van der Waals surface area contributed by atoms with Crippen molar-refractivity contribution in [1.82, 2.24) is 4.72 Å². The summed E-state index contributed by atoms with van der Waals surface area (Å²) in [4.78, 5) is 0.313. The van der Waals surface area contributed by atoms with E-state index < -0.39 is 10.0 Å². The third-order valence-corrected chi connectivity index (χ3v) is 4.43. The molecule has 0 saturated carbocycles. The van der Waals surface area contributed by atoms with Crippen LogP contribution in [0.2, 0.25) is 0 Å². The van der Waals surface area contributed by atoms with Crippen molar-refractivity contribution in [2.75, 3.05) is 12.4 Å². The Bertz CT molecular complexity index is 299. The SMILES string of the molecule is CC(Br)CC(C)NS(=O)(=O)CC1CCCO1. The van der Waals surface area contributed by atoms with Crippen molar-refractivity contribution in [1.29, 1.82) is 0 Å². The summed E-state index contributed by atoms with van der Waals surface area (Å²) >= 11 is 3.41. The van der Waals surface area contributed by atoms with E-state index in [1.165, 1.54) is 0 Å². The van der Waals surface area contributed by atoms with Gasteiger partial charge in [-0.2, -0.15) is 0 Å². The molecule has 1 fully saturated rings. The lowest BCUT2D eigenvalue weighted by Gasteiger charge is -2.17. The number of hydrogen-bond donors (Lipinski definition) is 1. The Labute approximate surface area is 106 Å². The number of rotatable bonds is 6. The maximum atomic E-state index is 11.8. The van der Waals surface area contributed by atoms with Gasteiger partial charge in [0.25, 0.3) is 0 Å². The van der Waals surface area contributed by atoms with E-state index in [4.69, 9.17) is 4.74 Å². The lowest BCUT2D eigenvalue weighted by atomic mass is 10.2. The monoisotopic (exact) mass is 313 g/mol. The summed E-state index contributed by atoms with van der Waals surface area (Å²) in [6.45, 7) is 4.57. The van der Waals surface area contributed by atoms with Gasteiger partial charge in [-0.25, -0.2) is 13.1 Å². The number of nitrogens with one attached hydrogen (secondary N) is 1. The van der Waals surface area contributed by atoms with Gasteiger partial charge in [-0.05, 0) is 26.2 Å². The summed E-state index contributed by atoms with van der Waals surface area (Å²) in [6.07, 6.45) is 2.48. The Kier molecular flexibility index (Phi) is 5.70. The van der Waals surface area contributed by atoms with Crippen molar-refractivity contribution in [3.05, 3.63) is 0 Å². The van der Waals surface area contributed by atoms with Gasteiger partial charge in [0.05, 0.1) is 11.9 Å². The molecule has 0 aromatic carbocycles. The first kappa shape index (κ1) is 14.4. The van der Waals surface area contributed by atoms with Gasteiger partial charge in [-0.3, -0.25) is 0 Å². The molecule has 0 spiro atoms. The molecule has 4 nitrogen and oxygen atoms in total. The van der Waals surface area contributed by atoms with Gasteiger partial charge in [0.15, 0.2) is 0 Å². The molecular weight excluding hydrogens is 294 g/mol. The average Bonchev–Trinajstić information content (AvgIpc) is 2.51. The second-order valence-electron chi connectivity index (χ2n) is 4.45. The molecule has 0 aromatic heterocycles. The molecule has 1 aliphatic heterocycles. The molecule has 0 radical (unpaired) electrons. The van der Waals surface area contributed by atoms with E-state index in [1.807, 2.05) is 13.8 Å². The third kappa shape index (κ3) is 5.61. The summed E-state index contributed by atoms with van der Waals surface area (Å²) in [7, 11) is -3.21. The molecule has 0 bridgehead atoms. The smallest absolute Gasteiger partial charge is 0.214 e. The third-order valence-electron chi connectivity index (χ3n) is 2.49. The highest BCUT2D eigenvalue weighted by atomic mass is 79.9. The van der Waals surface area contributed by atoms with Gasteiger partial charge in [0.2, 0.25) is 10.0 Å². The van der Waals surface area contributed by atoms with Gasteiger partial charge in [0, 0.05) is 17.5 Å². The van der Waals surface area contributed by atoms with Crippen molar-refractivity contribution >= 4 is 26.0 Å². The minimum atomic E-state index is -3.21. The molecule has 3 atom stereocenters. The predicted molar refractivity (Wildman–Crippen MR) is 68.4 cm³/mol. The lowest BCUT2D eigenvalue weighted by molar-refractivity contribution is 0.127. The van der Waals surface area contributed by atoms with Crippen molar-refractivity contribution in [3.63, 3.8) is 0 Å². The first-order chi connectivity index (χ1) is 7.39. The van der Waals surface area contributed by atoms with Crippen LogP contribution in [-0.2, 0) is 14.8 Å². The standard InChI is InChI=1S/C10H20BrNO3S/c1-8(11)6-9(2)12-16(13,14)7-10-4-3-5-15-10/h8-10,12H,3-7H2,1-2H3. The average molecular weight is 314 g/mol. The Morgan fingerprint density at radius 3 is 2.69 bits per heavy atom.